The van der Waals surface area contributed by atoms with Gasteiger partial charge in [-0.15, -0.1) is 12.4 Å². The van der Waals surface area contributed by atoms with Gasteiger partial charge in [0.15, 0.2) is 0 Å². The zero-order valence-corrected chi connectivity index (χ0v) is 14.2. The monoisotopic (exact) mass is 370 g/mol. The molecule has 0 saturated carbocycles. The number of piperidine rings is 1. The number of alkyl halides is 3. The summed E-state index contributed by atoms with van der Waals surface area (Å²) in [7, 11) is 0. The molecular weight excluding hydrogens is 352 g/mol. The number of rotatable bonds is 3. The number of hydrogen-bond donors (Lipinski definition) is 2. The third-order valence-electron chi connectivity index (χ3n) is 4.07. The topological polar surface area (TPSA) is 41.1 Å². The first kappa shape index (κ1) is 20.1. The maximum absolute atomic E-state index is 12.7. The summed E-state index contributed by atoms with van der Waals surface area (Å²) in [6.45, 7) is 3.38. The van der Waals surface area contributed by atoms with Gasteiger partial charge in [0, 0.05) is 17.0 Å². The number of halogens is 5. The number of amides is 1. The van der Waals surface area contributed by atoms with Crippen LogP contribution in [0.5, 0.6) is 0 Å². The van der Waals surface area contributed by atoms with E-state index in [4.69, 9.17) is 11.6 Å². The molecule has 0 spiro atoms. The molecule has 3 nitrogen and oxygen atoms in total. The molecule has 8 heteroatoms. The van der Waals surface area contributed by atoms with Gasteiger partial charge in [-0.2, -0.15) is 13.2 Å². The molecule has 0 radical (unpaired) electrons. The quantitative estimate of drug-likeness (QED) is 0.849. The van der Waals surface area contributed by atoms with Gasteiger partial charge in [-0.3, -0.25) is 4.79 Å². The van der Waals surface area contributed by atoms with Crippen molar-refractivity contribution >= 4 is 29.9 Å². The number of benzene rings is 1. The second-order valence-electron chi connectivity index (χ2n) is 5.80. The average molecular weight is 371 g/mol. The van der Waals surface area contributed by atoms with Crippen LogP contribution < -0.4 is 10.6 Å². The van der Waals surface area contributed by atoms with Gasteiger partial charge in [0.05, 0.1) is 5.56 Å². The lowest BCUT2D eigenvalue weighted by Crippen LogP contribution is -2.45. The molecule has 1 aromatic rings. The Morgan fingerprint density at radius 1 is 1.35 bits per heavy atom. The van der Waals surface area contributed by atoms with Crippen LogP contribution >= 0.6 is 24.0 Å². The van der Waals surface area contributed by atoms with Gasteiger partial charge in [-0.1, -0.05) is 18.5 Å². The highest BCUT2D eigenvalue weighted by Crippen LogP contribution is 2.32. The Bertz CT molecular complexity index is 558. The predicted octanol–water partition coefficient (Wildman–Crippen LogP) is 3.79. The smallest absolute Gasteiger partial charge is 0.351 e. The molecule has 1 saturated heterocycles. The summed E-state index contributed by atoms with van der Waals surface area (Å²) in [5.41, 5.74) is -0.990. The molecule has 130 valence electrons. The molecule has 23 heavy (non-hydrogen) atoms. The normalized spacial score (nSPS) is 17.3. The third-order valence-corrected chi connectivity index (χ3v) is 4.44. The van der Waals surface area contributed by atoms with Crippen LogP contribution in [0, 0.1) is 5.41 Å². The van der Waals surface area contributed by atoms with E-state index in [1.54, 1.807) is 0 Å². The first-order chi connectivity index (χ1) is 10.2. The van der Waals surface area contributed by atoms with Gasteiger partial charge in [0.1, 0.15) is 0 Å². The number of nitrogens with one attached hydrogen (secondary N) is 2. The fraction of sp³-hybridized carbons (Fsp3) is 0.533. The van der Waals surface area contributed by atoms with Crippen molar-refractivity contribution in [1.29, 1.82) is 0 Å². The van der Waals surface area contributed by atoms with E-state index in [1.165, 1.54) is 6.07 Å². The summed E-state index contributed by atoms with van der Waals surface area (Å²) >= 11 is 5.92. The fourth-order valence-corrected chi connectivity index (χ4v) is 2.67. The Morgan fingerprint density at radius 2 is 1.96 bits per heavy atom. The Morgan fingerprint density at radius 3 is 2.52 bits per heavy atom. The summed E-state index contributed by atoms with van der Waals surface area (Å²) in [4.78, 5) is 12.3. The number of hydrogen-bond acceptors (Lipinski definition) is 2. The number of carbonyl (C=O) groups is 1. The summed E-state index contributed by atoms with van der Waals surface area (Å²) in [5.74, 6) is -0.150. The van der Waals surface area contributed by atoms with E-state index in [0.717, 1.165) is 25.2 Å². The number of carbonyl (C=O) groups excluding carboxylic acids is 1. The van der Waals surface area contributed by atoms with Crippen LogP contribution in [0.25, 0.3) is 0 Å². The van der Waals surface area contributed by atoms with E-state index in [1.807, 2.05) is 6.92 Å². The SMILES string of the molecule is CC1(C(=O)NCc2cc(C(F)(F)F)ccc2Cl)CCNCC1.Cl. The molecule has 1 fully saturated rings. The highest BCUT2D eigenvalue weighted by Gasteiger charge is 2.34. The van der Waals surface area contributed by atoms with E-state index in [0.29, 0.717) is 12.8 Å². The van der Waals surface area contributed by atoms with Crippen molar-refractivity contribution in [3.63, 3.8) is 0 Å². The van der Waals surface area contributed by atoms with Gasteiger partial charge in [-0.25, -0.2) is 0 Å². The van der Waals surface area contributed by atoms with Crippen LogP contribution in [0.3, 0.4) is 0 Å². The predicted molar refractivity (Wildman–Crippen MR) is 85.8 cm³/mol. The summed E-state index contributed by atoms with van der Waals surface area (Å²) < 4.78 is 38.1. The molecule has 1 aromatic carbocycles. The largest absolute Gasteiger partial charge is 0.416 e. The first-order valence-corrected chi connectivity index (χ1v) is 7.45. The average Bonchev–Trinajstić information content (AvgIpc) is 2.45. The van der Waals surface area contributed by atoms with Crippen LogP contribution in [-0.2, 0) is 17.5 Å². The second kappa shape index (κ2) is 7.73. The molecule has 1 aliphatic rings. The maximum atomic E-state index is 12.7. The minimum Gasteiger partial charge on any atom is -0.351 e. The molecule has 0 bridgehead atoms. The minimum atomic E-state index is -4.43. The molecule has 2 rings (SSSR count). The fourth-order valence-electron chi connectivity index (χ4n) is 2.48. The molecule has 0 aliphatic carbocycles. The zero-order valence-electron chi connectivity index (χ0n) is 12.6. The standard InChI is InChI=1S/C15H18ClF3N2O.ClH/c1-14(4-6-20-7-5-14)13(22)21-9-10-8-11(15(17,18)19)2-3-12(10)16;/h2-3,8,20H,4-7,9H2,1H3,(H,21,22);1H. The molecule has 0 unspecified atom stereocenters. The van der Waals surface area contributed by atoms with Crippen LogP contribution in [0.4, 0.5) is 13.2 Å². The van der Waals surface area contributed by atoms with Gasteiger partial charge in [0.25, 0.3) is 0 Å². The van der Waals surface area contributed by atoms with Crippen LogP contribution in [-0.4, -0.2) is 19.0 Å². The van der Waals surface area contributed by atoms with E-state index < -0.39 is 17.2 Å². The van der Waals surface area contributed by atoms with E-state index in [9.17, 15) is 18.0 Å². The Kier molecular flexibility index (Phi) is 6.74. The van der Waals surface area contributed by atoms with Gasteiger partial charge < -0.3 is 10.6 Å². The lowest BCUT2D eigenvalue weighted by Gasteiger charge is -2.32. The van der Waals surface area contributed by atoms with Crippen LogP contribution in [0.15, 0.2) is 18.2 Å². The van der Waals surface area contributed by atoms with Crippen molar-refractivity contribution in [2.45, 2.75) is 32.5 Å². The lowest BCUT2D eigenvalue weighted by atomic mass is 9.80. The highest BCUT2D eigenvalue weighted by molar-refractivity contribution is 6.31. The van der Waals surface area contributed by atoms with Crippen molar-refractivity contribution in [1.82, 2.24) is 10.6 Å². The lowest BCUT2D eigenvalue weighted by molar-refractivity contribution is -0.137. The second-order valence-corrected chi connectivity index (χ2v) is 6.20. The van der Waals surface area contributed by atoms with Gasteiger partial charge in [-0.05, 0) is 49.7 Å². The highest BCUT2D eigenvalue weighted by atomic mass is 35.5. The molecule has 1 aliphatic heterocycles. The van der Waals surface area contributed by atoms with Crippen molar-refractivity contribution < 1.29 is 18.0 Å². The molecular formula is C15H19Cl2F3N2O. The van der Waals surface area contributed by atoms with Gasteiger partial charge >= 0.3 is 6.18 Å². The summed E-state index contributed by atoms with van der Waals surface area (Å²) in [6, 6.07) is 3.12. The van der Waals surface area contributed by atoms with Crippen LogP contribution in [0.1, 0.15) is 30.9 Å². The Labute approximate surface area is 144 Å². The van der Waals surface area contributed by atoms with E-state index in [2.05, 4.69) is 10.6 Å². The van der Waals surface area contributed by atoms with Gasteiger partial charge in [0.2, 0.25) is 5.91 Å². The Hall–Kier alpha value is -0.980. The molecule has 1 heterocycles. The van der Waals surface area contributed by atoms with Crippen molar-refractivity contribution in [3.05, 3.63) is 34.3 Å². The van der Waals surface area contributed by atoms with Crippen molar-refractivity contribution in [2.24, 2.45) is 5.41 Å². The molecule has 2 N–H and O–H groups in total. The molecule has 0 atom stereocenters. The summed E-state index contributed by atoms with van der Waals surface area (Å²) in [5, 5.41) is 6.10. The van der Waals surface area contributed by atoms with Crippen molar-refractivity contribution in [2.75, 3.05) is 13.1 Å². The van der Waals surface area contributed by atoms with Crippen LogP contribution in [0.2, 0.25) is 5.02 Å². The van der Waals surface area contributed by atoms with Crippen molar-refractivity contribution in [3.8, 4) is 0 Å². The minimum absolute atomic E-state index is 0. The first-order valence-electron chi connectivity index (χ1n) is 7.07. The van der Waals surface area contributed by atoms with E-state index in [-0.39, 0.29) is 35.4 Å². The third kappa shape index (κ3) is 4.99. The maximum Gasteiger partial charge on any atom is 0.416 e. The van der Waals surface area contributed by atoms with E-state index >= 15 is 0 Å². The summed E-state index contributed by atoms with van der Waals surface area (Å²) in [6.07, 6.45) is -3.02. The Balaban J connectivity index is 0.00000264. The molecule has 1 amide bonds. The zero-order chi connectivity index (χ0) is 16.4. The molecule has 0 aromatic heterocycles.